The van der Waals surface area contributed by atoms with Gasteiger partial charge in [-0.05, 0) is 0 Å². The molecular weight excluding hydrogens is 203 g/mol. The fraction of sp³-hybridized carbons (Fsp3) is 1.00. The molecule has 0 heterocycles. The molecule has 0 amide bonds. The topological polar surface area (TPSA) is 35.5 Å². The number of halogens is 1. The number of rotatable bonds is 5. The average molecular weight is 219 g/mol. The van der Waals surface area contributed by atoms with Crippen LogP contribution in [0.15, 0.2) is 0 Å². The number of hydrogen-bond donors (Lipinski definition) is 0. The van der Waals surface area contributed by atoms with Crippen molar-refractivity contribution in [3.8, 4) is 0 Å². The first-order valence-corrected chi connectivity index (χ1v) is 8.31. The van der Waals surface area contributed by atoms with E-state index in [1.807, 2.05) is 0 Å². The van der Waals surface area contributed by atoms with E-state index in [1.54, 1.807) is 20.8 Å². The summed E-state index contributed by atoms with van der Waals surface area (Å²) in [6.45, 7) is 5.70. The van der Waals surface area contributed by atoms with Gasteiger partial charge in [-0.2, -0.15) is 0 Å². The Morgan fingerprint density at radius 3 is 1.82 bits per heavy atom. The summed E-state index contributed by atoms with van der Waals surface area (Å²) >= 11 is 0.852. The quantitative estimate of drug-likeness (QED) is 0.666. The van der Waals surface area contributed by atoms with Gasteiger partial charge in [-0.3, -0.25) is 0 Å². The van der Waals surface area contributed by atoms with Gasteiger partial charge in [0.15, 0.2) is 0 Å². The maximum atomic E-state index is 12.0. The molecule has 0 spiro atoms. The Balaban J connectivity index is 4.60. The first-order chi connectivity index (χ1) is 5.04. The molecule has 0 bridgehead atoms. The Hall–Kier alpha value is 0.724. The van der Waals surface area contributed by atoms with E-state index in [1.165, 1.54) is 0 Å². The summed E-state index contributed by atoms with van der Waals surface area (Å²) in [4.78, 5) is 0. The number of hydrogen-bond acceptors (Lipinski definition) is 3. The van der Waals surface area contributed by atoms with Crippen molar-refractivity contribution >= 4 is 11.9 Å². The fourth-order valence-corrected chi connectivity index (χ4v) is 4.83. The summed E-state index contributed by atoms with van der Waals surface area (Å²) in [5.41, 5.74) is 0. The Labute approximate surface area is 74.3 Å². The predicted octanol–water partition coefficient (Wildman–Crippen LogP) is 2.93. The third kappa shape index (κ3) is 2.60. The van der Waals surface area contributed by atoms with Gasteiger partial charge in [-0.15, -0.1) is 0 Å². The van der Waals surface area contributed by atoms with Gasteiger partial charge >= 0.3 is 74.3 Å². The van der Waals surface area contributed by atoms with Gasteiger partial charge in [0, 0.05) is 0 Å². The van der Waals surface area contributed by atoms with Gasteiger partial charge in [-0.1, -0.05) is 0 Å². The van der Waals surface area contributed by atoms with Crippen molar-refractivity contribution in [3.05, 3.63) is 0 Å². The van der Waals surface area contributed by atoms with Gasteiger partial charge < -0.3 is 0 Å². The minimum absolute atomic E-state index is 0.380. The van der Waals surface area contributed by atoms with Gasteiger partial charge in [-0.25, -0.2) is 0 Å². The van der Waals surface area contributed by atoms with E-state index < -0.39 is 16.1 Å². The van der Waals surface area contributed by atoms with Crippen LogP contribution in [0.1, 0.15) is 20.8 Å². The van der Waals surface area contributed by atoms with E-state index in [-0.39, 0.29) is 0 Å². The van der Waals surface area contributed by atoms with Crippen LogP contribution < -0.4 is 0 Å². The maximum absolute atomic E-state index is 12.0. The fourth-order valence-electron chi connectivity index (χ4n) is 0.907. The van der Waals surface area contributed by atoms with Gasteiger partial charge in [0.1, 0.15) is 0 Å². The van der Waals surface area contributed by atoms with Crippen molar-refractivity contribution < 1.29 is 25.6 Å². The molecule has 0 fully saturated rings. The van der Waals surface area contributed by atoms with E-state index in [9.17, 15) is 3.32 Å². The van der Waals surface area contributed by atoms with Gasteiger partial charge in [0.25, 0.3) is 0 Å². The van der Waals surface area contributed by atoms with Crippen LogP contribution in [0.2, 0.25) is 9.45 Å². The van der Waals surface area contributed by atoms with Crippen molar-refractivity contribution in [1.82, 2.24) is 0 Å². The zero-order valence-electron chi connectivity index (χ0n) is 7.22. The molecule has 0 aromatic heterocycles. The molecule has 0 aliphatic heterocycles. The van der Waals surface area contributed by atoms with E-state index in [0.29, 0.717) is 16.1 Å². The third-order valence-electron chi connectivity index (χ3n) is 2.00. The SMILES string of the molecule is CC[O][Ti](=[O])([CH2]C)([CH2]C)[O]Cl. The van der Waals surface area contributed by atoms with Crippen molar-refractivity contribution in [1.29, 1.82) is 0 Å². The molecule has 0 aromatic carbocycles. The first-order valence-electron chi connectivity index (χ1n) is 3.88. The third-order valence-corrected chi connectivity index (χ3v) is 9.68. The molecule has 0 aliphatic carbocycles. The van der Waals surface area contributed by atoms with E-state index in [4.69, 9.17) is 15.2 Å². The standard InChI is InChI=1S/C2H5O.2C2H5.ClO.O.Ti/c1-2-3;3*1-2;;/h2H2,1H3;2*1H2,2H3;;;/q-1;;;-1;;+2. The van der Waals surface area contributed by atoms with Crippen molar-refractivity contribution in [2.24, 2.45) is 0 Å². The minimum atomic E-state index is -4.34. The van der Waals surface area contributed by atoms with Crippen LogP contribution in [0.5, 0.6) is 0 Å². The second-order valence-corrected chi connectivity index (χ2v) is 10.4. The summed E-state index contributed by atoms with van der Waals surface area (Å²) in [7, 11) is 0. The van der Waals surface area contributed by atoms with Crippen LogP contribution in [0.25, 0.3) is 0 Å². The Morgan fingerprint density at radius 1 is 1.27 bits per heavy atom. The van der Waals surface area contributed by atoms with E-state index >= 15 is 0 Å². The molecule has 0 unspecified atom stereocenters. The predicted molar refractivity (Wildman–Crippen MR) is 40.2 cm³/mol. The van der Waals surface area contributed by atoms with Gasteiger partial charge in [0.05, 0.1) is 0 Å². The molecule has 11 heavy (non-hydrogen) atoms. The second-order valence-electron chi connectivity index (χ2n) is 2.58. The normalized spacial score (nSPS) is 13.5. The molecule has 68 valence electrons. The zero-order chi connectivity index (χ0) is 8.98. The van der Waals surface area contributed by atoms with Crippen LogP contribution in [-0.4, -0.2) is 6.61 Å². The van der Waals surface area contributed by atoms with Crippen molar-refractivity contribution in [2.45, 2.75) is 30.2 Å². The van der Waals surface area contributed by atoms with Crippen LogP contribution in [0.3, 0.4) is 0 Å². The van der Waals surface area contributed by atoms with Crippen LogP contribution in [-0.2, 0) is 25.6 Å². The van der Waals surface area contributed by atoms with Crippen molar-refractivity contribution in [3.63, 3.8) is 0 Å². The summed E-state index contributed by atoms with van der Waals surface area (Å²) in [5, 5.41) is 0. The molecule has 0 N–H and O–H groups in total. The first kappa shape index (κ1) is 11.7. The Kier molecular flexibility index (Phi) is 4.37. The molecule has 0 rings (SSSR count). The van der Waals surface area contributed by atoms with E-state index in [0.717, 1.165) is 0 Å². The monoisotopic (exact) mass is 218 g/mol. The molecule has 0 atom stereocenters. The molecule has 0 radical (unpaired) electrons. The Bertz CT molecular complexity index is 159. The molecule has 0 aromatic rings. The summed E-state index contributed by atoms with van der Waals surface area (Å²) in [6.07, 6.45) is 0. The second kappa shape index (κ2) is 4.10. The molecular formula is C6H15ClO3Ti. The summed E-state index contributed by atoms with van der Waals surface area (Å²) < 4.78 is 22.5. The van der Waals surface area contributed by atoms with Crippen LogP contribution in [0.4, 0.5) is 0 Å². The molecule has 3 nitrogen and oxygen atoms in total. The zero-order valence-corrected chi connectivity index (χ0v) is 9.54. The molecule has 0 aliphatic rings. The molecule has 0 saturated carbocycles. The summed E-state index contributed by atoms with van der Waals surface area (Å²) in [5.74, 6) is 0. The van der Waals surface area contributed by atoms with Crippen LogP contribution in [0, 0.1) is 0 Å². The Morgan fingerprint density at radius 2 is 1.73 bits per heavy atom. The van der Waals surface area contributed by atoms with Gasteiger partial charge in [0.2, 0.25) is 0 Å². The van der Waals surface area contributed by atoms with E-state index in [2.05, 4.69) is 2.87 Å². The average Bonchev–Trinajstić information content (AvgIpc) is 2.06. The molecule has 5 heteroatoms. The summed E-state index contributed by atoms with van der Waals surface area (Å²) in [6, 6.07) is 0. The molecule has 0 saturated heterocycles. The van der Waals surface area contributed by atoms with Crippen LogP contribution >= 0.6 is 11.9 Å². The van der Waals surface area contributed by atoms with Crippen molar-refractivity contribution in [2.75, 3.05) is 6.61 Å².